The fourth-order valence-corrected chi connectivity index (χ4v) is 7.25. The minimum Gasteiger partial charge on any atom is -0.292 e. The van der Waals surface area contributed by atoms with Crippen LogP contribution in [0.15, 0.2) is 95.8 Å². The number of nitrogens with one attached hydrogen (secondary N) is 1. The highest BCUT2D eigenvalue weighted by Crippen LogP contribution is 2.48. The summed E-state index contributed by atoms with van der Waals surface area (Å²) >= 11 is 0. The van der Waals surface area contributed by atoms with Crippen LogP contribution in [-0.4, -0.2) is 41.8 Å². The molecule has 0 spiro atoms. The standard InChI is InChI=1S/C38H37N7O2/c1-3-4-13-35-39-33-19-18-28(38(2)23-34-30-11-6-5-9-26(30)20-21-45(34)47-38)22-32(33)37(46)44(35)24-25-14-16-27(17-15-25)29-10-7-8-12-31(29)36-40-42-43-41-36/h5-12,14-19,22,34H,3-4,13,20-21,23-24H2,1-2H3,(H,40,41,42,43). The molecule has 9 heteroatoms. The molecule has 1 fully saturated rings. The quantitative estimate of drug-likeness (QED) is 0.199. The van der Waals surface area contributed by atoms with Crippen LogP contribution in [0.25, 0.3) is 33.4 Å². The molecular formula is C38H37N7O2. The highest BCUT2D eigenvalue weighted by Gasteiger charge is 2.46. The summed E-state index contributed by atoms with van der Waals surface area (Å²) in [5, 5.41) is 17.4. The van der Waals surface area contributed by atoms with Crippen LogP contribution in [0.3, 0.4) is 0 Å². The Morgan fingerprint density at radius 3 is 2.60 bits per heavy atom. The molecule has 2 aromatic heterocycles. The first-order valence-electron chi connectivity index (χ1n) is 16.5. The average molecular weight is 624 g/mol. The van der Waals surface area contributed by atoms with Crippen molar-refractivity contribution in [1.29, 1.82) is 0 Å². The molecule has 0 radical (unpaired) electrons. The number of benzene rings is 4. The van der Waals surface area contributed by atoms with Crippen LogP contribution in [0.1, 0.15) is 67.2 Å². The Morgan fingerprint density at radius 2 is 1.79 bits per heavy atom. The molecular weight excluding hydrogens is 586 g/mol. The van der Waals surface area contributed by atoms with Crippen LogP contribution in [0.5, 0.6) is 0 Å². The zero-order chi connectivity index (χ0) is 32.0. The molecule has 2 aliphatic rings. The van der Waals surface area contributed by atoms with Crippen molar-refractivity contribution in [2.75, 3.05) is 6.54 Å². The first kappa shape index (κ1) is 29.4. The van der Waals surface area contributed by atoms with Crippen molar-refractivity contribution in [2.45, 2.75) is 64.1 Å². The molecule has 2 unspecified atom stereocenters. The third kappa shape index (κ3) is 5.35. The maximum atomic E-state index is 14.3. The molecule has 1 saturated heterocycles. The lowest BCUT2D eigenvalue weighted by molar-refractivity contribution is -0.206. The number of hydrogen-bond acceptors (Lipinski definition) is 7. The summed E-state index contributed by atoms with van der Waals surface area (Å²) in [4.78, 5) is 26.0. The van der Waals surface area contributed by atoms with Gasteiger partial charge in [-0.2, -0.15) is 10.3 Å². The van der Waals surface area contributed by atoms with Gasteiger partial charge in [0, 0.05) is 24.9 Å². The second-order valence-corrected chi connectivity index (χ2v) is 12.9. The van der Waals surface area contributed by atoms with Gasteiger partial charge < -0.3 is 0 Å². The molecule has 236 valence electrons. The monoisotopic (exact) mass is 623 g/mol. The second kappa shape index (κ2) is 12.0. The molecule has 8 rings (SSSR count). The number of H-pyrrole nitrogens is 1. The highest BCUT2D eigenvalue weighted by molar-refractivity contribution is 5.80. The minimum atomic E-state index is -0.540. The Bertz CT molecular complexity index is 2120. The lowest BCUT2D eigenvalue weighted by atomic mass is 9.84. The molecule has 1 N–H and O–H groups in total. The number of aryl methyl sites for hydroxylation is 1. The number of nitrogens with zero attached hydrogens (tertiary/aromatic N) is 6. The lowest BCUT2D eigenvalue weighted by Crippen LogP contribution is -2.31. The number of rotatable bonds is 8. The van der Waals surface area contributed by atoms with E-state index in [9.17, 15) is 4.79 Å². The largest absolute Gasteiger partial charge is 0.292 e. The number of aromatic nitrogens is 6. The van der Waals surface area contributed by atoms with Gasteiger partial charge in [-0.1, -0.05) is 92.2 Å². The molecule has 4 heterocycles. The summed E-state index contributed by atoms with van der Waals surface area (Å²) in [6, 6.07) is 31.4. The molecule has 47 heavy (non-hydrogen) atoms. The lowest BCUT2D eigenvalue weighted by Gasteiger charge is -2.30. The van der Waals surface area contributed by atoms with E-state index in [0.29, 0.717) is 17.8 Å². The van der Waals surface area contributed by atoms with Gasteiger partial charge in [0.1, 0.15) is 11.4 Å². The van der Waals surface area contributed by atoms with Crippen molar-refractivity contribution < 1.29 is 4.84 Å². The Morgan fingerprint density at radius 1 is 0.979 bits per heavy atom. The molecule has 2 atom stereocenters. The van der Waals surface area contributed by atoms with Gasteiger partial charge in [0.25, 0.3) is 5.56 Å². The molecule has 0 bridgehead atoms. The van der Waals surface area contributed by atoms with Crippen LogP contribution in [0.2, 0.25) is 0 Å². The molecule has 0 aliphatic carbocycles. The van der Waals surface area contributed by atoms with Crippen LogP contribution >= 0.6 is 0 Å². The van der Waals surface area contributed by atoms with E-state index in [-0.39, 0.29) is 11.6 Å². The fraction of sp³-hybridized carbons (Fsp3) is 0.289. The van der Waals surface area contributed by atoms with E-state index in [1.807, 2.05) is 34.9 Å². The molecule has 0 saturated carbocycles. The Kier molecular flexibility index (Phi) is 7.50. The summed E-state index contributed by atoms with van der Waals surface area (Å²) in [6.07, 6.45) is 4.54. The van der Waals surface area contributed by atoms with Crippen molar-refractivity contribution >= 4 is 10.9 Å². The predicted octanol–water partition coefficient (Wildman–Crippen LogP) is 6.78. The summed E-state index contributed by atoms with van der Waals surface area (Å²) in [7, 11) is 0. The first-order chi connectivity index (χ1) is 23.0. The topological polar surface area (TPSA) is 102 Å². The van der Waals surface area contributed by atoms with Gasteiger partial charge in [-0.3, -0.25) is 14.2 Å². The summed E-state index contributed by atoms with van der Waals surface area (Å²) < 4.78 is 1.86. The second-order valence-electron chi connectivity index (χ2n) is 12.9. The van der Waals surface area contributed by atoms with Crippen molar-refractivity contribution in [2.24, 2.45) is 0 Å². The zero-order valence-corrected chi connectivity index (χ0v) is 26.7. The fourth-order valence-electron chi connectivity index (χ4n) is 7.25. The third-order valence-corrected chi connectivity index (χ3v) is 9.78. The average Bonchev–Trinajstić information content (AvgIpc) is 3.78. The van der Waals surface area contributed by atoms with Crippen LogP contribution in [0, 0.1) is 0 Å². The van der Waals surface area contributed by atoms with Crippen LogP contribution < -0.4 is 5.56 Å². The SMILES string of the molecule is CCCCc1nc2ccc(C3(C)CC4c5ccccc5CCN4O3)cc2c(=O)n1Cc1ccc(-c2ccccc2-c2nn[nH]n2)cc1. The molecule has 6 aromatic rings. The zero-order valence-electron chi connectivity index (χ0n) is 26.7. The van der Waals surface area contributed by atoms with E-state index in [4.69, 9.17) is 9.82 Å². The van der Waals surface area contributed by atoms with Gasteiger partial charge in [-0.05, 0) is 70.5 Å². The van der Waals surface area contributed by atoms with Gasteiger partial charge in [0.15, 0.2) is 0 Å². The van der Waals surface area contributed by atoms with Crippen LogP contribution in [0.4, 0.5) is 0 Å². The maximum absolute atomic E-state index is 14.3. The van der Waals surface area contributed by atoms with E-state index in [1.54, 1.807) is 0 Å². The first-order valence-corrected chi connectivity index (χ1v) is 16.5. The number of aromatic amines is 1. The highest BCUT2D eigenvalue weighted by atomic mass is 16.7. The Balaban J connectivity index is 1.13. The van der Waals surface area contributed by atoms with Crippen LogP contribution in [-0.2, 0) is 29.8 Å². The van der Waals surface area contributed by atoms with E-state index in [0.717, 1.165) is 77.8 Å². The van der Waals surface area contributed by atoms with Crippen molar-refractivity contribution in [3.05, 3.63) is 129 Å². The van der Waals surface area contributed by atoms with E-state index in [2.05, 4.69) is 100 Å². The minimum absolute atomic E-state index is 0.0147. The molecule has 0 amide bonds. The molecule has 9 nitrogen and oxygen atoms in total. The maximum Gasteiger partial charge on any atom is 0.261 e. The predicted molar refractivity (Wildman–Crippen MR) is 181 cm³/mol. The van der Waals surface area contributed by atoms with Gasteiger partial charge in [0.05, 0.1) is 23.5 Å². The Labute approximate surface area is 273 Å². The molecule has 2 aliphatic heterocycles. The summed E-state index contributed by atoms with van der Waals surface area (Å²) in [5.41, 5.74) is 7.93. The summed E-state index contributed by atoms with van der Waals surface area (Å²) in [6.45, 7) is 5.62. The molecule has 4 aromatic carbocycles. The number of fused-ring (bicyclic) bond motifs is 4. The van der Waals surface area contributed by atoms with E-state index >= 15 is 0 Å². The third-order valence-electron chi connectivity index (χ3n) is 9.78. The van der Waals surface area contributed by atoms with Gasteiger partial charge in [-0.25, -0.2) is 4.98 Å². The number of hydroxylamine groups is 2. The Hall–Kier alpha value is -4.99. The van der Waals surface area contributed by atoms with E-state index < -0.39 is 5.60 Å². The number of unbranched alkanes of at least 4 members (excludes halogenated alkanes) is 1. The number of hydrogen-bond donors (Lipinski definition) is 1. The smallest absolute Gasteiger partial charge is 0.261 e. The van der Waals surface area contributed by atoms with E-state index in [1.165, 1.54) is 11.1 Å². The summed E-state index contributed by atoms with van der Waals surface area (Å²) in [5.74, 6) is 1.37. The normalized spacial score (nSPS) is 19.1. The van der Waals surface area contributed by atoms with Gasteiger partial charge >= 0.3 is 0 Å². The van der Waals surface area contributed by atoms with Crippen molar-refractivity contribution in [3.8, 4) is 22.5 Å². The van der Waals surface area contributed by atoms with Gasteiger partial charge in [0.2, 0.25) is 5.82 Å². The number of tetrazole rings is 1. The van der Waals surface area contributed by atoms with Gasteiger partial charge in [-0.15, -0.1) is 10.2 Å². The van der Waals surface area contributed by atoms with Crippen molar-refractivity contribution in [3.63, 3.8) is 0 Å². The van der Waals surface area contributed by atoms with Crippen molar-refractivity contribution in [1.82, 2.24) is 35.2 Å².